The lowest BCUT2D eigenvalue weighted by Crippen LogP contribution is -2.04. The van der Waals surface area contributed by atoms with Gasteiger partial charge in [-0.1, -0.05) is 0 Å². The topological polar surface area (TPSA) is 55.6 Å². The first-order valence-corrected chi connectivity index (χ1v) is 8.12. The summed E-state index contributed by atoms with van der Waals surface area (Å²) in [6.07, 6.45) is 7.19. The zero-order chi connectivity index (χ0) is 14.4. The number of imidazole rings is 1. The Morgan fingerprint density at radius 1 is 1.33 bits per heavy atom. The van der Waals surface area contributed by atoms with Crippen molar-refractivity contribution >= 4 is 27.4 Å². The Kier molecular flexibility index (Phi) is 2.92. The quantitative estimate of drug-likeness (QED) is 0.807. The van der Waals surface area contributed by atoms with E-state index in [2.05, 4.69) is 17.2 Å². The fourth-order valence-electron chi connectivity index (χ4n) is 2.98. The molecule has 0 aromatic carbocycles. The van der Waals surface area contributed by atoms with E-state index in [4.69, 9.17) is 9.97 Å². The molecule has 0 unspecified atom stereocenters. The number of fused-ring (bicyclic) bond motifs is 3. The summed E-state index contributed by atoms with van der Waals surface area (Å²) < 4.78 is 1.96. The molecule has 21 heavy (non-hydrogen) atoms. The van der Waals surface area contributed by atoms with Gasteiger partial charge in [0.25, 0.3) is 0 Å². The van der Waals surface area contributed by atoms with Crippen molar-refractivity contribution in [2.45, 2.75) is 26.2 Å². The number of nitrogens with one attached hydrogen (secondary N) is 1. The van der Waals surface area contributed by atoms with E-state index in [0.29, 0.717) is 0 Å². The summed E-state index contributed by atoms with van der Waals surface area (Å²) in [5.74, 6) is 1.72. The van der Waals surface area contributed by atoms with Gasteiger partial charge in [-0.3, -0.25) is 0 Å². The fraction of sp³-hybridized carbons (Fsp3) is 0.400. The largest absolute Gasteiger partial charge is 0.370 e. The molecule has 3 aromatic heterocycles. The molecule has 0 atom stereocenters. The number of hydrogen-bond acceptors (Lipinski definition) is 5. The number of aryl methyl sites for hydroxylation is 3. The first-order valence-electron chi connectivity index (χ1n) is 7.30. The van der Waals surface area contributed by atoms with E-state index in [1.54, 1.807) is 6.33 Å². The van der Waals surface area contributed by atoms with Crippen molar-refractivity contribution < 1.29 is 0 Å². The smallest absolute Gasteiger partial charge is 0.181 e. The van der Waals surface area contributed by atoms with Gasteiger partial charge in [0.2, 0.25) is 0 Å². The summed E-state index contributed by atoms with van der Waals surface area (Å²) in [6, 6.07) is 0. The molecule has 0 fully saturated rings. The Labute approximate surface area is 127 Å². The number of hydrogen-bond donors (Lipinski definition) is 1. The van der Waals surface area contributed by atoms with E-state index in [9.17, 15) is 0 Å². The zero-order valence-electron chi connectivity index (χ0n) is 12.2. The third kappa shape index (κ3) is 1.93. The lowest BCUT2D eigenvalue weighted by atomic mass is 10.2. The lowest BCUT2D eigenvalue weighted by Gasteiger charge is -2.08. The molecule has 0 saturated carbocycles. The van der Waals surface area contributed by atoms with Gasteiger partial charge in [-0.2, -0.15) is 0 Å². The van der Waals surface area contributed by atoms with Crippen molar-refractivity contribution in [3.05, 3.63) is 23.0 Å². The van der Waals surface area contributed by atoms with E-state index in [1.807, 2.05) is 29.1 Å². The van der Waals surface area contributed by atoms with Crippen LogP contribution in [-0.2, 0) is 19.9 Å². The van der Waals surface area contributed by atoms with Crippen molar-refractivity contribution in [3.8, 4) is 11.5 Å². The number of rotatable bonds is 3. The van der Waals surface area contributed by atoms with E-state index in [1.165, 1.54) is 28.7 Å². The van der Waals surface area contributed by atoms with E-state index < -0.39 is 0 Å². The molecular weight excluding hydrogens is 282 g/mol. The zero-order valence-corrected chi connectivity index (χ0v) is 13.0. The average molecular weight is 299 g/mol. The minimum Gasteiger partial charge on any atom is -0.370 e. The van der Waals surface area contributed by atoms with E-state index in [-0.39, 0.29) is 0 Å². The van der Waals surface area contributed by atoms with Crippen LogP contribution in [0.3, 0.4) is 0 Å². The van der Waals surface area contributed by atoms with E-state index >= 15 is 0 Å². The van der Waals surface area contributed by atoms with Crippen LogP contribution in [0.5, 0.6) is 0 Å². The fourth-order valence-corrected chi connectivity index (χ4v) is 4.24. The van der Waals surface area contributed by atoms with Crippen LogP contribution >= 0.6 is 11.3 Å². The third-order valence-corrected chi connectivity index (χ3v) is 5.14. The number of aromatic nitrogens is 4. The van der Waals surface area contributed by atoms with Crippen LogP contribution in [0.1, 0.15) is 23.8 Å². The Bertz CT molecular complexity index is 817. The summed E-state index contributed by atoms with van der Waals surface area (Å²) in [5.41, 5.74) is 2.41. The van der Waals surface area contributed by atoms with Crippen LogP contribution in [-0.4, -0.2) is 26.1 Å². The monoisotopic (exact) mass is 299 g/mol. The van der Waals surface area contributed by atoms with Crippen molar-refractivity contribution in [3.63, 3.8) is 0 Å². The molecule has 108 valence electrons. The highest BCUT2D eigenvalue weighted by Crippen LogP contribution is 2.40. The van der Waals surface area contributed by atoms with Gasteiger partial charge in [0, 0.05) is 18.5 Å². The number of nitrogens with zero attached hydrogens (tertiary/aromatic N) is 4. The molecule has 0 amide bonds. The highest BCUT2D eigenvalue weighted by molar-refractivity contribution is 7.19. The highest BCUT2D eigenvalue weighted by atomic mass is 32.1. The summed E-state index contributed by atoms with van der Waals surface area (Å²) in [7, 11) is 1.97. The molecule has 6 heteroatoms. The molecule has 1 N–H and O–H groups in total. The highest BCUT2D eigenvalue weighted by Gasteiger charge is 2.22. The normalized spacial score (nSPS) is 13.8. The predicted octanol–water partition coefficient (Wildman–Crippen LogP) is 3.01. The van der Waals surface area contributed by atoms with Crippen LogP contribution in [0.15, 0.2) is 12.5 Å². The molecule has 0 bridgehead atoms. The maximum atomic E-state index is 4.79. The average Bonchev–Trinajstić information content (AvgIpc) is 3.13. The molecule has 3 heterocycles. The molecule has 1 aliphatic carbocycles. The van der Waals surface area contributed by atoms with Crippen LogP contribution in [0.4, 0.5) is 5.82 Å². The molecule has 0 spiro atoms. The molecule has 5 nitrogen and oxygen atoms in total. The second-order valence-electron chi connectivity index (χ2n) is 5.35. The second kappa shape index (κ2) is 4.80. The van der Waals surface area contributed by atoms with Crippen LogP contribution in [0.2, 0.25) is 0 Å². The molecular formula is C15H17N5S. The van der Waals surface area contributed by atoms with Crippen molar-refractivity contribution in [2.75, 3.05) is 11.9 Å². The Balaban J connectivity index is 1.97. The van der Waals surface area contributed by atoms with Gasteiger partial charge >= 0.3 is 0 Å². The van der Waals surface area contributed by atoms with Crippen molar-refractivity contribution in [1.82, 2.24) is 19.5 Å². The van der Waals surface area contributed by atoms with Gasteiger partial charge < -0.3 is 9.88 Å². The van der Waals surface area contributed by atoms with Gasteiger partial charge in [-0.25, -0.2) is 15.0 Å². The maximum absolute atomic E-state index is 4.79. The molecule has 0 saturated heterocycles. The SMILES string of the molecule is CCNc1nc(-c2cncn2C)nc2sc3c(c12)CCC3. The van der Waals surface area contributed by atoms with Crippen LogP contribution in [0.25, 0.3) is 21.7 Å². The molecule has 0 radical (unpaired) electrons. The minimum atomic E-state index is 0.748. The maximum Gasteiger partial charge on any atom is 0.181 e. The predicted molar refractivity (Wildman–Crippen MR) is 85.8 cm³/mol. The van der Waals surface area contributed by atoms with Crippen molar-refractivity contribution in [1.29, 1.82) is 0 Å². The lowest BCUT2D eigenvalue weighted by molar-refractivity contribution is 0.909. The second-order valence-corrected chi connectivity index (χ2v) is 6.44. The Hall–Kier alpha value is -1.95. The Morgan fingerprint density at radius 2 is 2.24 bits per heavy atom. The van der Waals surface area contributed by atoms with Gasteiger partial charge in [0.15, 0.2) is 5.82 Å². The Morgan fingerprint density at radius 3 is 3.00 bits per heavy atom. The van der Waals surface area contributed by atoms with Crippen LogP contribution < -0.4 is 5.32 Å². The molecule has 0 aliphatic heterocycles. The first-order chi connectivity index (χ1) is 10.3. The minimum absolute atomic E-state index is 0.748. The summed E-state index contributed by atoms with van der Waals surface area (Å²) >= 11 is 1.82. The summed E-state index contributed by atoms with van der Waals surface area (Å²) in [4.78, 5) is 16.3. The number of thiophene rings is 1. The van der Waals surface area contributed by atoms with Crippen molar-refractivity contribution in [2.24, 2.45) is 7.05 Å². The molecule has 1 aliphatic rings. The summed E-state index contributed by atoms with van der Waals surface area (Å²) in [5, 5.41) is 4.65. The van der Waals surface area contributed by atoms with E-state index in [0.717, 1.165) is 35.1 Å². The van der Waals surface area contributed by atoms with Crippen LogP contribution in [0, 0.1) is 0 Å². The summed E-state index contributed by atoms with van der Waals surface area (Å²) in [6.45, 7) is 2.96. The standard InChI is InChI=1S/C15H17N5S/c1-3-17-14-12-9-5-4-6-11(9)21-15(12)19-13(18-14)10-7-16-8-20(10)2/h7-8H,3-6H2,1-2H3,(H,17,18,19). The van der Waals surface area contributed by atoms with Gasteiger partial charge in [0.1, 0.15) is 16.3 Å². The third-order valence-electron chi connectivity index (χ3n) is 3.95. The number of anilines is 1. The van der Waals surface area contributed by atoms with Gasteiger partial charge in [0.05, 0.1) is 17.9 Å². The molecule has 4 rings (SSSR count). The molecule has 3 aromatic rings. The van der Waals surface area contributed by atoms with Gasteiger partial charge in [-0.15, -0.1) is 11.3 Å². The first kappa shape index (κ1) is 12.8. The van der Waals surface area contributed by atoms with Gasteiger partial charge in [-0.05, 0) is 31.7 Å².